The van der Waals surface area contributed by atoms with E-state index in [9.17, 15) is 14.4 Å². The van der Waals surface area contributed by atoms with E-state index >= 15 is 0 Å². The van der Waals surface area contributed by atoms with Crippen molar-refractivity contribution in [3.05, 3.63) is 122 Å². The number of unbranched alkanes of at least 4 members (excludes halogenated alkanes) is 32. The summed E-state index contributed by atoms with van der Waals surface area (Å²) in [6, 6.07) is 0. The molecule has 1 atom stereocenters. The van der Waals surface area contributed by atoms with E-state index in [4.69, 9.17) is 14.2 Å². The first kappa shape index (κ1) is 78.8. The molecule has 0 saturated heterocycles. The molecule has 0 amide bonds. The molecule has 83 heavy (non-hydrogen) atoms. The molecule has 0 aliphatic heterocycles. The summed E-state index contributed by atoms with van der Waals surface area (Å²) >= 11 is 0. The molecule has 0 heterocycles. The summed E-state index contributed by atoms with van der Waals surface area (Å²) < 4.78 is 16.9. The van der Waals surface area contributed by atoms with Crippen LogP contribution < -0.4 is 0 Å². The summed E-state index contributed by atoms with van der Waals surface area (Å²) in [6.45, 7) is 6.49. The fourth-order valence-electron chi connectivity index (χ4n) is 9.74. The first-order valence-electron chi connectivity index (χ1n) is 35.0. The van der Waals surface area contributed by atoms with Gasteiger partial charge in [-0.05, 0) is 109 Å². The Balaban J connectivity index is 4.28. The van der Waals surface area contributed by atoms with Crippen LogP contribution in [0.25, 0.3) is 0 Å². The lowest BCUT2D eigenvalue weighted by Crippen LogP contribution is -2.30. The lowest BCUT2D eigenvalue weighted by Gasteiger charge is -2.18. The third-order valence-electron chi connectivity index (χ3n) is 15.0. The smallest absolute Gasteiger partial charge is 0.306 e. The fraction of sp³-hybridized carbons (Fsp3) is 0.701. The molecule has 1 unspecified atom stereocenters. The highest BCUT2D eigenvalue weighted by molar-refractivity contribution is 5.71. The zero-order valence-electron chi connectivity index (χ0n) is 54.4. The Morgan fingerprint density at radius 3 is 0.771 bits per heavy atom. The predicted molar refractivity (Wildman–Crippen MR) is 362 cm³/mol. The molecule has 6 heteroatoms. The molecule has 0 radical (unpaired) electrons. The largest absolute Gasteiger partial charge is 0.462 e. The maximum Gasteiger partial charge on any atom is 0.306 e. The number of carbonyl (C=O) groups is 3. The van der Waals surface area contributed by atoms with Crippen LogP contribution in [0, 0.1) is 0 Å². The number of allylic oxidation sites excluding steroid dienone is 20. The van der Waals surface area contributed by atoms with Crippen LogP contribution in [0.1, 0.15) is 329 Å². The number of carbonyl (C=O) groups excluding carboxylic acids is 3. The van der Waals surface area contributed by atoms with Crippen molar-refractivity contribution < 1.29 is 28.6 Å². The molecule has 0 N–H and O–H groups in total. The van der Waals surface area contributed by atoms with Crippen LogP contribution in [0.5, 0.6) is 0 Å². The van der Waals surface area contributed by atoms with E-state index in [1.165, 1.54) is 180 Å². The normalized spacial score (nSPS) is 12.9. The van der Waals surface area contributed by atoms with Gasteiger partial charge in [0.2, 0.25) is 0 Å². The molecule has 0 aliphatic carbocycles. The minimum atomic E-state index is -0.810. The van der Waals surface area contributed by atoms with Crippen molar-refractivity contribution in [1.29, 1.82) is 0 Å². The molecule has 6 nitrogen and oxygen atoms in total. The molecule has 0 rings (SSSR count). The molecule has 0 aliphatic rings. The van der Waals surface area contributed by atoms with Crippen molar-refractivity contribution in [3.8, 4) is 0 Å². The van der Waals surface area contributed by atoms with Crippen LogP contribution in [-0.2, 0) is 28.6 Å². The first-order valence-corrected chi connectivity index (χ1v) is 35.0. The van der Waals surface area contributed by atoms with Crippen LogP contribution >= 0.6 is 0 Å². The third kappa shape index (κ3) is 68.5. The lowest BCUT2D eigenvalue weighted by molar-refractivity contribution is -0.167. The number of ether oxygens (including phenoxy) is 3. The van der Waals surface area contributed by atoms with Gasteiger partial charge in [0.1, 0.15) is 13.2 Å². The summed E-state index contributed by atoms with van der Waals surface area (Å²) in [5.74, 6) is -0.951. The molecular weight excluding hydrogens is 1020 g/mol. The second-order valence-electron chi connectivity index (χ2n) is 23.1. The molecule has 0 aromatic heterocycles. The monoisotopic (exact) mass is 1150 g/mol. The molecule has 474 valence electrons. The molecule has 0 aromatic carbocycles. The summed E-state index contributed by atoms with van der Waals surface area (Å²) in [4.78, 5) is 38.3. The highest BCUT2D eigenvalue weighted by atomic mass is 16.6. The number of rotatable bonds is 63. The van der Waals surface area contributed by atoms with Gasteiger partial charge >= 0.3 is 17.9 Å². The Hall–Kier alpha value is -4.19. The Kier molecular flexibility index (Phi) is 66.7. The molecular formula is C77H130O6. The predicted octanol–water partition coefficient (Wildman–Crippen LogP) is 24.3. The van der Waals surface area contributed by atoms with Gasteiger partial charge in [0.05, 0.1) is 0 Å². The van der Waals surface area contributed by atoms with Crippen LogP contribution in [-0.4, -0.2) is 37.2 Å². The first-order chi connectivity index (χ1) is 41.0. The summed E-state index contributed by atoms with van der Waals surface area (Å²) in [5, 5.41) is 0. The van der Waals surface area contributed by atoms with Gasteiger partial charge in [0.25, 0.3) is 0 Å². The van der Waals surface area contributed by atoms with Gasteiger partial charge in [0.15, 0.2) is 6.10 Å². The van der Waals surface area contributed by atoms with Gasteiger partial charge in [0, 0.05) is 19.3 Å². The van der Waals surface area contributed by atoms with Crippen molar-refractivity contribution in [2.24, 2.45) is 0 Å². The van der Waals surface area contributed by atoms with Gasteiger partial charge in [-0.15, -0.1) is 0 Å². The van der Waals surface area contributed by atoms with Crippen molar-refractivity contribution in [1.82, 2.24) is 0 Å². The van der Waals surface area contributed by atoms with E-state index in [0.717, 1.165) is 103 Å². The highest BCUT2D eigenvalue weighted by Crippen LogP contribution is 2.17. The maximum atomic E-state index is 12.9. The molecule has 0 bridgehead atoms. The Morgan fingerprint density at radius 1 is 0.253 bits per heavy atom. The molecule has 0 spiro atoms. The van der Waals surface area contributed by atoms with Crippen LogP contribution in [0.15, 0.2) is 122 Å². The third-order valence-corrected chi connectivity index (χ3v) is 15.0. The van der Waals surface area contributed by atoms with Crippen molar-refractivity contribution in [2.45, 2.75) is 335 Å². The minimum Gasteiger partial charge on any atom is -0.462 e. The SMILES string of the molecule is CC/C=C\C/C=C\C/C=C\C/C=C\C/C=C\C/C=C\C/C=C\CCCC(=O)OC(COC(=O)CCCCCCCCCCCCC)COC(=O)CCCCCCCCCCCCCCCCCC/C=C\C/C=C\C/C=C\CCCCCCC. The maximum absolute atomic E-state index is 12.9. The zero-order chi connectivity index (χ0) is 59.9. The van der Waals surface area contributed by atoms with Gasteiger partial charge < -0.3 is 14.2 Å². The van der Waals surface area contributed by atoms with Crippen LogP contribution in [0.3, 0.4) is 0 Å². The fourth-order valence-corrected chi connectivity index (χ4v) is 9.74. The van der Waals surface area contributed by atoms with Gasteiger partial charge in [-0.3, -0.25) is 14.4 Å². The van der Waals surface area contributed by atoms with Crippen molar-refractivity contribution >= 4 is 17.9 Å². The second kappa shape index (κ2) is 70.3. The van der Waals surface area contributed by atoms with Crippen molar-refractivity contribution in [3.63, 3.8) is 0 Å². The Morgan fingerprint density at radius 2 is 0.482 bits per heavy atom. The molecule has 0 aromatic rings. The van der Waals surface area contributed by atoms with E-state index < -0.39 is 6.10 Å². The second-order valence-corrected chi connectivity index (χ2v) is 23.1. The standard InChI is InChI=1S/C77H130O6/c1-4-7-10-13-16-19-22-24-26-28-30-32-34-35-36-37-38-39-40-41-43-44-46-48-50-52-55-58-61-64-67-70-76(79)82-73-74(72-81-75(78)69-66-63-60-57-54-21-18-15-12-9-6-3)83-77(80)71-68-65-62-59-56-53-51-49-47-45-42-33-31-29-27-25-23-20-17-14-11-8-5-2/h8,11,17,20,22,24-25,27-28,30-31,33-35,45,47,51,53,59,62,74H,4-7,9-10,12-16,18-19,21,23,26,29,32,36-44,46,48-50,52,54-58,60-61,63-73H2,1-3H3/b11-8-,20-17-,24-22-,27-25-,30-28-,33-31-,35-34-,47-45-,53-51-,62-59-. The zero-order valence-corrected chi connectivity index (χ0v) is 54.4. The lowest BCUT2D eigenvalue weighted by atomic mass is 10.0. The summed E-state index contributed by atoms with van der Waals surface area (Å²) in [6.07, 6.45) is 98.1. The minimum absolute atomic E-state index is 0.0999. The molecule has 0 saturated carbocycles. The van der Waals surface area contributed by atoms with Crippen LogP contribution in [0.4, 0.5) is 0 Å². The quantitative estimate of drug-likeness (QED) is 0.0261. The molecule has 0 fully saturated rings. The average Bonchev–Trinajstić information content (AvgIpc) is 3.48. The number of hydrogen-bond donors (Lipinski definition) is 0. The van der Waals surface area contributed by atoms with E-state index in [-0.39, 0.29) is 37.5 Å². The van der Waals surface area contributed by atoms with Gasteiger partial charge in [-0.25, -0.2) is 0 Å². The summed E-state index contributed by atoms with van der Waals surface area (Å²) in [5.41, 5.74) is 0. The van der Waals surface area contributed by atoms with Crippen LogP contribution in [0.2, 0.25) is 0 Å². The van der Waals surface area contributed by atoms with E-state index in [1.807, 2.05) is 0 Å². The van der Waals surface area contributed by atoms with Gasteiger partial charge in [-0.2, -0.15) is 0 Å². The van der Waals surface area contributed by atoms with E-state index in [1.54, 1.807) is 0 Å². The topological polar surface area (TPSA) is 78.9 Å². The number of hydrogen-bond acceptors (Lipinski definition) is 6. The van der Waals surface area contributed by atoms with E-state index in [0.29, 0.717) is 19.3 Å². The number of esters is 3. The summed E-state index contributed by atoms with van der Waals surface area (Å²) in [7, 11) is 0. The Labute approximate surface area is 513 Å². The van der Waals surface area contributed by atoms with Crippen molar-refractivity contribution in [2.75, 3.05) is 13.2 Å². The average molecular weight is 1150 g/mol. The highest BCUT2D eigenvalue weighted by Gasteiger charge is 2.19. The Bertz CT molecular complexity index is 1700. The van der Waals surface area contributed by atoms with Gasteiger partial charge in [-0.1, -0.05) is 322 Å². The van der Waals surface area contributed by atoms with E-state index in [2.05, 4.69) is 142 Å².